The Kier molecular flexibility index (Phi) is 22.4. The van der Waals surface area contributed by atoms with Gasteiger partial charge in [0.1, 0.15) is 0 Å². The Labute approximate surface area is 831 Å². The Bertz CT molecular complexity index is 8800. The van der Waals surface area contributed by atoms with Crippen LogP contribution in [0.15, 0.2) is 462 Å². The number of hydrogen-bond acceptors (Lipinski definition) is 12. The lowest BCUT2D eigenvalue weighted by Gasteiger charge is -2.23. The topological polar surface area (TPSA) is 155 Å². The van der Waals surface area contributed by atoms with Crippen LogP contribution < -0.4 is 0 Å². The average molecular weight is 1840 g/mol. The fraction of sp³-hybridized carbons (Fsp3) is 0.0687. The number of rotatable bonds is 15. The summed E-state index contributed by atoms with van der Waals surface area (Å²) in [5.41, 5.74) is 37.4. The monoisotopic (exact) mass is 1830 g/mol. The van der Waals surface area contributed by atoms with Gasteiger partial charge in [-0.2, -0.15) is 0 Å². The first-order valence-corrected chi connectivity index (χ1v) is 48.5. The summed E-state index contributed by atoms with van der Waals surface area (Å²) in [6.07, 6.45) is 7.28. The highest BCUT2D eigenvalue weighted by Gasteiger charge is 2.40. The molecule has 0 amide bonds. The van der Waals surface area contributed by atoms with Gasteiger partial charge in [0, 0.05) is 102 Å². The summed E-state index contributed by atoms with van der Waals surface area (Å²) in [6, 6.07) is 153. The summed E-state index contributed by atoms with van der Waals surface area (Å²) in [5, 5.41) is 5.20. The standard InChI is InChI=1S/2C45H32N4.C41H30N4/c1-45(2)39-27-33(21-23-37(39)38-24-20-29-12-9-10-19-36(29)41(38)45)32-17-11-18-34(26-32)43-47-42(31-15-7-4-8-16-31)48-44(49-43)35-22-25-40(46-28-35)30-13-5-3-6-14-30;1-45(2)39-22-20-31-9-6-7-14-37(31)41(39)38-21-19-35(28-40(38)45)34-12-8-13-36(27-34)44-48-42(32-10-4-3-5-11-32)47-43(49-44)33-17-15-29(16-18-33)30-23-25-46-26-24-30;1-41(2)35-16-7-6-15-33(35)34-26-31(22-23-36(34)41)30-13-10-14-32(25-30)40-44-38(28-11-4-3-5-12-28)43-39(45-40)29-20-18-27(19-21-29)37-17-8-9-24-42-37/h2*3-28H,1-2H3;3-26H,1-2H3. The van der Waals surface area contributed by atoms with Gasteiger partial charge in [0.25, 0.3) is 0 Å². The number of nitrogens with zero attached hydrogens (tertiary/aromatic N) is 12. The van der Waals surface area contributed by atoms with Crippen molar-refractivity contribution in [2.45, 2.75) is 57.8 Å². The van der Waals surface area contributed by atoms with Crippen LogP contribution in [0.2, 0.25) is 0 Å². The van der Waals surface area contributed by atoms with Crippen molar-refractivity contribution >= 4 is 21.5 Å². The number of fused-ring (bicyclic) bond motifs is 13. The summed E-state index contributed by atoms with van der Waals surface area (Å²) in [7, 11) is 0. The van der Waals surface area contributed by atoms with Crippen molar-refractivity contribution in [2.75, 3.05) is 0 Å². The molecule has 3 aliphatic rings. The van der Waals surface area contributed by atoms with Gasteiger partial charge < -0.3 is 0 Å². The van der Waals surface area contributed by atoms with Crippen molar-refractivity contribution in [3.63, 3.8) is 0 Å². The van der Waals surface area contributed by atoms with Crippen molar-refractivity contribution in [3.05, 3.63) is 495 Å². The lowest BCUT2D eigenvalue weighted by molar-refractivity contribution is 0.660. The Balaban J connectivity index is 0.000000116. The Morgan fingerprint density at radius 1 is 0.168 bits per heavy atom. The molecule has 26 rings (SSSR count). The van der Waals surface area contributed by atoms with E-state index >= 15 is 0 Å². The van der Waals surface area contributed by atoms with Crippen molar-refractivity contribution in [1.29, 1.82) is 0 Å². The van der Waals surface area contributed by atoms with E-state index in [1.165, 1.54) is 105 Å². The van der Waals surface area contributed by atoms with E-state index in [4.69, 9.17) is 49.8 Å². The second-order valence-electron chi connectivity index (χ2n) is 38.3. The largest absolute Gasteiger partial charge is 0.265 e. The fourth-order valence-corrected chi connectivity index (χ4v) is 20.9. The van der Waals surface area contributed by atoms with Gasteiger partial charge in [0.15, 0.2) is 52.4 Å². The molecule has 23 aromatic rings. The van der Waals surface area contributed by atoms with Crippen LogP contribution in [-0.2, 0) is 16.2 Å². The van der Waals surface area contributed by atoms with Gasteiger partial charge in [-0.25, -0.2) is 44.9 Å². The van der Waals surface area contributed by atoms with Crippen LogP contribution in [0.5, 0.6) is 0 Å². The van der Waals surface area contributed by atoms with Crippen molar-refractivity contribution in [2.24, 2.45) is 0 Å². The number of aromatic nitrogens is 12. The second-order valence-corrected chi connectivity index (χ2v) is 38.3. The molecule has 678 valence electrons. The third kappa shape index (κ3) is 16.7. The molecule has 0 fully saturated rings. The summed E-state index contributed by atoms with van der Waals surface area (Å²) in [4.78, 5) is 58.2. The van der Waals surface area contributed by atoms with Gasteiger partial charge in [0.2, 0.25) is 0 Å². The molecule has 6 aromatic heterocycles. The van der Waals surface area contributed by atoms with Crippen LogP contribution >= 0.6 is 0 Å². The quantitative estimate of drug-likeness (QED) is 0.0959. The van der Waals surface area contributed by atoms with Crippen molar-refractivity contribution in [1.82, 2.24) is 59.8 Å². The molecule has 0 bridgehead atoms. The number of hydrogen-bond donors (Lipinski definition) is 0. The third-order valence-electron chi connectivity index (χ3n) is 28.4. The molecule has 3 aliphatic carbocycles. The average Bonchev–Trinajstić information content (AvgIpc) is 1.57. The minimum atomic E-state index is -0.128. The molecule has 0 saturated heterocycles. The van der Waals surface area contributed by atoms with Crippen LogP contribution in [0.25, 0.3) is 224 Å². The van der Waals surface area contributed by atoms with E-state index in [1.54, 1.807) is 0 Å². The smallest absolute Gasteiger partial charge is 0.165 e. The van der Waals surface area contributed by atoms with E-state index in [1.807, 2.05) is 176 Å². The maximum Gasteiger partial charge on any atom is 0.165 e. The minimum Gasteiger partial charge on any atom is -0.265 e. The lowest BCUT2D eigenvalue weighted by atomic mass is 9.79. The summed E-state index contributed by atoms with van der Waals surface area (Å²) in [6.45, 7) is 14.0. The van der Waals surface area contributed by atoms with E-state index < -0.39 is 0 Å². The van der Waals surface area contributed by atoms with Crippen LogP contribution in [0, 0.1) is 0 Å². The highest BCUT2D eigenvalue weighted by molar-refractivity contribution is 6.04. The normalized spacial score (nSPS) is 12.9. The molecule has 143 heavy (non-hydrogen) atoms. The van der Waals surface area contributed by atoms with Gasteiger partial charge in [-0.3, -0.25) is 15.0 Å². The molecule has 0 radical (unpaired) electrons. The molecule has 0 N–H and O–H groups in total. The zero-order chi connectivity index (χ0) is 96.3. The Morgan fingerprint density at radius 2 is 0.503 bits per heavy atom. The molecule has 6 heterocycles. The molecule has 0 saturated carbocycles. The van der Waals surface area contributed by atoms with Crippen molar-refractivity contribution < 1.29 is 0 Å². The van der Waals surface area contributed by atoms with Gasteiger partial charge in [0.05, 0.1) is 11.4 Å². The summed E-state index contributed by atoms with van der Waals surface area (Å²) >= 11 is 0. The highest BCUT2D eigenvalue weighted by Crippen LogP contribution is 2.56. The maximum absolute atomic E-state index is 5.04. The number of benzene rings is 17. The zero-order valence-electron chi connectivity index (χ0n) is 79.7. The fourth-order valence-electron chi connectivity index (χ4n) is 20.9. The van der Waals surface area contributed by atoms with Crippen LogP contribution in [0.1, 0.15) is 74.9 Å². The summed E-state index contributed by atoms with van der Waals surface area (Å²) < 4.78 is 0. The van der Waals surface area contributed by atoms with E-state index in [0.717, 1.165) is 100 Å². The van der Waals surface area contributed by atoms with Crippen molar-refractivity contribution in [3.8, 4) is 203 Å². The first kappa shape index (κ1) is 87.5. The number of pyridine rings is 3. The molecular weight excluding hydrogens is 1740 g/mol. The van der Waals surface area contributed by atoms with Crippen LogP contribution in [0.4, 0.5) is 0 Å². The molecule has 0 aliphatic heterocycles. The van der Waals surface area contributed by atoms with Gasteiger partial charge in [-0.15, -0.1) is 0 Å². The van der Waals surface area contributed by atoms with Crippen LogP contribution in [0.3, 0.4) is 0 Å². The van der Waals surface area contributed by atoms with E-state index in [2.05, 4.69) is 337 Å². The lowest BCUT2D eigenvalue weighted by Crippen LogP contribution is -2.15. The Hall–Kier alpha value is -18.3. The minimum absolute atomic E-state index is 0.0166. The molecule has 12 nitrogen and oxygen atoms in total. The van der Waals surface area contributed by atoms with E-state index in [-0.39, 0.29) is 16.2 Å². The molecular formula is C131H94N12. The Morgan fingerprint density at radius 3 is 1.03 bits per heavy atom. The highest BCUT2D eigenvalue weighted by atomic mass is 15.1. The van der Waals surface area contributed by atoms with Crippen LogP contribution in [-0.4, -0.2) is 59.8 Å². The zero-order valence-corrected chi connectivity index (χ0v) is 79.7. The maximum atomic E-state index is 5.04. The third-order valence-corrected chi connectivity index (χ3v) is 28.4. The van der Waals surface area contributed by atoms with E-state index in [9.17, 15) is 0 Å². The predicted octanol–water partition coefficient (Wildman–Crippen LogP) is 32.0. The molecule has 0 spiro atoms. The summed E-state index contributed by atoms with van der Waals surface area (Å²) in [5.74, 6) is 5.69. The first-order valence-electron chi connectivity index (χ1n) is 48.5. The van der Waals surface area contributed by atoms with E-state index in [0.29, 0.717) is 52.4 Å². The van der Waals surface area contributed by atoms with Gasteiger partial charge >= 0.3 is 0 Å². The predicted molar refractivity (Wildman–Crippen MR) is 582 cm³/mol. The molecule has 17 aromatic carbocycles. The SMILES string of the molecule is CC1(C)c2cc(-c3cccc(-c4nc(-c5ccccc5)nc(-c5ccc(-c6ccccc6)nc5)n4)c3)ccc2-c2ccc3ccccc3c21.CC1(C)c2cc(-c3cccc(-c4nc(-c5ccccc5)nc(-c5ccc(-c6ccncc6)cc5)n4)c3)ccc2-c2c1ccc1ccccc21.CC1(C)c2ccccc2-c2cc(-c3cccc(-c4nc(-c5ccccc5)nc(-c5ccc(-c6ccccn6)cc5)n4)c3)ccc21. The second kappa shape index (κ2) is 36.6. The first-order chi connectivity index (χ1) is 70.1. The molecule has 12 heteroatoms. The van der Waals surface area contributed by atoms with Gasteiger partial charge in [-0.1, -0.05) is 406 Å². The molecule has 0 atom stereocenters. The molecule has 0 unspecified atom stereocenters. The van der Waals surface area contributed by atoms with Gasteiger partial charge in [-0.05, 0) is 206 Å².